The molecule has 2 aromatic rings. The molecule has 2 rings (SSSR count). The van der Waals surface area contributed by atoms with E-state index in [1.165, 1.54) is 0 Å². The van der Waals surface area contributed by atoms with Crippen LogP contribution >= 0.6 is 24.0 Å². The molecular formula is C24H36IN3O5. The van der Waals surface area contributed by atoms with Gasteiger partial charge in [0.15, 0.2) is 5.96 Å². The Balaban J connectivity index is 0.00000544. The third-order valence-corrected chi connectivity index (χ3v) is 4.77. The van der Waals surface area contributed by atoms with Gasteiger partial charge in [-0.15, -0.1) is 24.0 Å². The largest absolute Gasteiger partial charge is 0.496 e. The lowest BCUT2D eigenvalue weighted by molar-refractivity contribution is 0.145. The van der Waals surface area contributed by atoms with Crippen molar-refractivity contribution in [2.45, 2.75) is 26.9 Å². The van der Waals surface area contributed by atoms with Gasteiger partial charge in [0.25, 0.3) is 0 Å². The van der Waals surface area contributed by atoms with Crippen LogP contribution in [0.2, 0.25) is 0 Å². The number of methoxy groups -OCH3 is 4. The molecule has 0 amide bonds. The lowest BCUT2D eigenvalue weighted by atomic mass is 10.1. The molecule has 0 spiro atoms. The summed E-state index contributed by atoms with van der Waals surface area (Å²) in [5.41, 5.74) is 3.01. The van der Waals surface area contributed by atoms with Crippen LogP contribution in [-0.4, -0.2) is 54.2 Å². The second kappa shape index (κ2) is 15.4. The maximum atomic E-state index is 5.88. The van der Waals surface area contributed by atoms with Crippen LogP contribution in [0.5, 0.6) is 23.0 Å². The van der Waals surface area contributed by atoms with Gasteiger partial charge in [0.1, 0.15) is 29.6 Å². The second-order valence-corrected chi connectivity index (χ2v) is 7.01. The van der Waals surface area contributed by atoms with E-state index in [9.17, 15) is 0 Å². The number of nitrogens with one attached hydrogen (secondary N) is 2. The molecule has 0 aromatic heterocycles. The fourth-order valence-corrected chi connectivity index (χ4v) is 3.09. The number of guanidine groups is 1. The molecule has 0 atom stereocenters. The molecule has 33 heavy (non-hydrogen) atoms. The smallest absolute Gasteiger partial charge is 0.191 e. The molecule has 0 heterocycles. The maximum Gasteiger partial charge on any atom is 0.191 e. The summed E-state index contributed by atoms with van der Waals surface area (Å²) in [7, 11) is 6.52. The molecule has 0 aliphatic rings. The van der Waals surface area contributed by atoms with Crippen LogP contribution in [0.25, 0.3) is 0 Å². The monoisotopic (exact) mass is 573 g/mol. The van der Waals surface area contributed by atoms with Crippen molar-refractivity contribution in [3.8, 4) is 23.0 Å². The third-order valence-electron chi connectivity index (χ3n) is 4.77. The summed E-state index contributed by atoms with van der Waals surface area (Å²) in [4.78, 5) is 4.74. The predicted molar refractivity (Wildman–Crippen MR) is 142 cm³/mol. The molecule has 0 bridgehead atoms. The van der Waals surface area contributed by atoms with E-state index < -0.39 is 0 Å². The number of benzene rings is 2. The van der Waals surface area contributed by atoms with Crippen LogP contribution in [0.3, 0.4) is 0 Å². The summed E-state index contributed by atoms with van der Waals surface area (Å²) in [5, 5.41) is 6.63. The normalized spacial score (nSPS) is 10.8. The number of ether oxygens (including phenoxy) is 5. The Kier molecular flexibility index (Phi) is 13.4. The molecular weight excluding hydrogens is 537 g/mol. The molecule has 0 aliphatic heterocycles. The zero-order valence-electron chi connectivity index (χ0n) is 20.3. The summed E-state index contributed by atoms with van der Waals surface area (Å²) in [5.74, 6) is 3.52. The topological polar surface area (TPSA) is 82.6 Å². The van der Waals surface area contributed by atoms with Crippen molar-refractivity contribution in [1.82, 2.24) is 10.6 Å². The lowest BCUT2D eigenvalue weighted by Crippen LogP contribution is -2.37. The van der Waals surface area contributed by atoms with E-state index in [1.54, 1.807) is 28.4 Å². The fourth-order valence-electron chi connectivity index (χ4n) is 3.09. The van der Waals surface area contributed by atoms with E-state index in [0.717, 1.165) is 29.0 Å². The molecule has 2 aromatic carbocycles. The molecule has 8 nitrogen and oxygen atoms in total. The standard InChI is InChI=1S/C24H35N3O5.HI/c1-7-25-24(26-15-18-9-8-17(2)12-21(18)32-11-10-28-3)27-16-20-22(30-5)13-19(29-4)14-23(20)31-6;/h8-9,12-14H,7,10-11,15-16H2,1-6H3,(H2,25,26,27);1H. The van der Waals surface area contributed by atoms with Crippen LogP contribution in [0.1, 0.15) is 23.6 Å². The van der Waals surface area contributed by atoms with Gasteiger partial charge in [-0.25, -0.2) is 4.99 Å². The summed E-state index contributed by atoms with van der Waals surface area (Å²) in [6.45, 7) is 6.75. The van der Waals surface area contributed by atoms with Crippen LogP contribution < -0.4 is 29.6 Å². The number of rotatable bonds is 12. The Morgan fingerprint density at radius 2 is 1.58 bits per heavy atom. The van der Waals surface area contributed by atoms with Gasteiger partial charge in [0, 0.05) is 31.4 Å². The third kappa shape index (κ3) is 8.81. The summed E-state index contributed by atoms with van der Waals surface area (Å²) < 4.78 is 27.4. The minimum absolute atomic E-state index is 0. The van der Waals surface area contributed by atoms with Gasteiger partial charge in [-0.05, 0) is 25.5 Å². The van der Waals surface area contributed by atoms with Gasteiger partial charge in [-0.3, -0.25) is 0 Å². The zero-order valence-corrected chi connectivity index (χ0v) is 22.6. The van der Waals surface area contributed by atoms with Crippen molar-refractivity contribution < 1.29 is 23.7 Å². The molecule has 184 valence electrons. The molecule has 0 saturated heterocycles. The number of halogens is 1. The van der Waals surface area contributed by atoms with Gasteiger partial charge >= 0.3 is 0 Å². The van der Waals surface area contributed by atoms with E-state index in [2.05, 4.69) is 16.7 Å². The van der Waals surface area contributed by atoms with Crippen LogP contribution in [0.4, 0.5) is 0 Å². The van der Waals surface area contributed by atoms with Crippen molar-refractivity contribution in [2.24, 2.45) is 4.99 Å². The lowest BCUT2D eigenvalue weighted by Gasteiger charge is -2.17. The minimum Gasteiger partial charge on any atom is -0.496 e. The first kappa shape index (κ1) is 28.6. The van der Waals surface area contributed by atoms with Crippen LogP contribution in [-0.2, 0) is 17.8 Å². The van der Waals surface area contributed by atoms with Gasteiger partial charge in [-0.2, -0.15) is 0 Å². The number of aliphatic imine (C=N–C) groups is 1. The summed E-state index contributed by atoms with van der Waals surface area (Å²) in [6.07, 6.45) is 0. The average molecular weight is 573 g/mol. The Labute approximate surface area is 214 Å². The predicted octanol–water partition coefficient (Wildman–Crippen LogP) is 3.92. The van der Waals surface area contributed by atoms with Gasteiger partial charge in [0.2, 0.25) is 0 Å². The summed E-state index contributed by atoms with van der Waals surface area (Å²) in [6, 6.07) is 9.79. The van der Waals surface area contributed by atoms with Crippen molar-refractivity contribution >= 4 is 29.9 Å². The van der Waals surface area contributed by atoms with E-state index in [0.29, 0.717) is 49.5 Å². The van der Waals surface area contributed by atoms with Gasteiger partial charge < -0.3 is 34.3 Å². The molecule has 0 fully saturated rings. The minimum atomic E-state index is 0. The fraction of sp³-hybridized carbons (Fsp3) is 0.458. The Morgan fingerprint density at radius 1 is 0.879 bits per heavy atom. The average Bonchev–Trinajstić information content (AvgIpc) is 2.81. The van der Waals surface area contributed by atoms with E-state index in [1.807, 2.05) is 38.1 Å². The van der Waals surface area contributed by atoms with Crippen molar-refractivity contribution in [2.75, 3.05) is 48.2 Å². The van der Waals surface area contributed by atoms with Crippen molar-refractivity contribution in [1.29, 1.82) is 0 Å². The van der Waals surface area contributed by atoms with Crippen molar-refractivity contribution in [3.63, 3.8) is 0 Å². The Bertz CT molecular complexity index is 867. The quantitative estimate of drug-likeness (QED) is 0.173. The summed E-state index contributed by atoms with van der Waals surface area (Å²) >= 11 is 0. The van der Waals surface area contributed by atoms with Crippen LogP contribution in [0.15, 0.2) is 35.3 Å². The highest BCUT2D eigenvalue weighted by atomic mass is 127. The number of hydrogen-bond donors (Lipinski definition) is 2. The molecule has 0 radical (unpaired) electrons. The molecule has 0 aliphatic carbocycles. The van der Waals surface area contributed by atoms with E-state index in [4.69, 9.17) is 28.7 Å². The second-order valence-electron chi connectivity index (χ2n) is 7.01. The highest BCUT2D eigenvalue weighted by Crippen LogP contribution is 2.33. The first-order chi connectivity index (χ1) is 15.6. The zero-order chi connectivity index (χ0) is 23.3. The molecule has 0 unspecified atom stereocenters. The highest BCUT2D eigenvalue weighted by Gasteiger charge is 2.14. The number of hydrogen-bond acceptors (Lipinski definition) is 6. The first-order valence-electron chi connectivity index (χ1n) is 10.6. The highest BCUT2D eigenvalue weighted by molar-refractivity contribution is 14.0. The number of nitrogens with zero attached hydrogens (tertiary/aromatic N) is 1. The first-order valence-corrected chi connectivity index (χ1v) is 10.6. The SMILES string of the molecule is CCNC(=NCc1ccc(C)cc1OCCOC)NCc1c(OC)cc(OC)cc1OC.I. The van der Waals surface area contributed by atoms with E-state index >= 15 is 0 Å². The molecule has 9 heteroatoms. The maximum absolute atomic E-state index is 5.88. The van der Waals surface area contributed by atoms with E-state index in [-0.39, 0.29) is 24.0 Å². The Hall–Kier alpha value is -2.40. The molecule has 2 N–H and O–H groups in total. The number of aryl methyl sites for hydroxylation is 1. The Morgan fingerprint density at radius 3 is 2.15 bits per heavy atom. The molecule has 0 saturated carbocycles. The van der Waals surface area contributed by atoms with Gasteiger partial charge in [0.05, 0.1) is 46.6 Å². The van der Waals surface area contributed by atoms with Crippen LogP contribution in [0, 0.1) is 6.92 Å². The van der Waals surface area contributed by atoms with Gasteiger partial charge in [-0.1, -0.05) is 12.1 Å². The van der Waals surface area contributed by atoms with Crippen molar-refractivity contribution in [3.05, 3.63) is 47.0 Å².